The summed E-state index contributed by atoms with van der Waals surface area (Å²) in [5, 5.41) is 11.6. The number of aliphatic carboxylic acids is 1. The summed E-state index contributed by atoms with van der Waals surface area (Å²) in [6.45, 7) is 5.15. The molecule has 21 heavy (non-hydrogen) atoms. The maximum absolute atomic E-state index is 12.3. The van der Waals surface area contributed by atoms with Crippen molar-refractivity contribution in [2.75, 3.05) is 6.61 Å². The molecule has 0 unspecified atom stereocenters. The van der Waals surface area contributed by atoms with E-state index in [0.717, 1.165) is 0 Å². The first-order valence-corrected chi connectivity index (χ1v) is 6.85. The number of carboxylic acid groups (broad SMARTS) is 1. The molecule has 2 aliphatic heterocycles. The van der Waals surface area contributed by atoms with Gasteiger partial charge in [-0.1, -0.05) is 0 Å². The second-order valence-corrected chi connectivity index (χ2v) is 6.16. The van der Waals surface area contributed by atoms with E-state index < -0.39 is 41.9 Å². The largest absolute Gasteiger partial charge is 0.480 e. The van der Waals surface area contributed by atoms with Gasteiger partial charge >= 0.3 is 12.1 Å². The van der Waals surface area contributed by atoms with E-state index in [4.69, 9.17) is 14.6 Å². The highest BCUT2D eigenvalue weighted by Crippen LogP contribution is 2.29. The molecule has 0 bridgehead atoms. The Kier molecular flexibility index (Phi) is 4.08. The molecule has 0 aliphatic carbocycles. The first-order chi connectivity index (χ1) is 9.69. The van der Waals surface area contributed by atoms with Crippen molar-refractivity contribution in [1.29, 1.82) is 0 Å². The topological polar surface area (TPSA) is 105 Å². The van der Waals surface area contributed by atoms with Crippen LogP contribution < -0.4 is 5.32 Å². The van der Waals surface area contributed by atoms with Gasteiger partial charge in [0.2, 0.25) is 5.91 Å². The number of hydrogen-bond donors (Lipinski definition) is 2. The summed E-state index contributed by atoms with van der Waals surface area (Å²) in [6, 6.07) is -1.82. The van der Waals surface area contributed by atoms with Gasteiger partial charge in [-0.05, 0) is 33.6 Å². The standard InChI is InChI=1S/C13H20N2O6/c1-13(2,3)21-12(19)14-7-6-20-9-5-4-8(11(17)18)15(9)10(7)16/h7-9H,4-6H2,1-3H3,(H,14,19)(H,17,18)/t7-,8+,9-/m1/s1. The van der Waals surface area contributed by atoms with Crippen molar-refractivity contribution in [3.63, 3.8) is 0 Å². The normalized spacial score (nSPS) is 29.0. The van der Waals surface area contributed by atoms with Gasteiger partial charge in [0, 0.05) is 0 Å². The lowest BCUT2D eigenvalue weighted by Crippen LogP contribution is -2.60. The molecule has 0 aromatic carbocycles. The van der Waals surface area contributed by atoms with Crippen LogP contribution in [0.2, 0.25) is 0 Å². The van der Waals surface area contributed by atoms with Crippen LogP contribution in [-0.2, 0) is 19.1 Å². The summed E-state index contributed by atoms with van der Waals surface area (Å²) in [7, 11) is 0. The van der Waals surface area contributed by atoms with Crippen LogP contribution in [-0.4, -0.2) is 58.5 Å². The Hall–Kier alpha value is -1.83. The lowest BCUT2D eigenvalue weighted by molar-refractivity contribution is -0.170. The number of hydrogen-bond acceptors (Lipinski definition) is 5. The molecule has 118 valence electrons. The average molecular weight is 300 g/mol. The molecule has 8 nitrogen and oxygen atoms in total. The quantitative estimate of drug-likeness (QED) is 0.760. The molecule has 2 saturated heterocycles. The number of fused-ring (bicyclic) bond motifs is 1. The molecular weight excluding hydrogens is 280 g/mol. The van der Waals surface area contributed by atoms with Crippen LogP contribution in [0.4, 0.5) is 4.79 Å². The Bertz CT molecular complexity index is 458. The van der Waals surface area contributed by atoms with Crippen molar-refractivity contribution in [1.82, 2.24) is 10.2 Å². The third kappa shape index (κ3) is 3.44. The van der Waals surface area contributed by atoms with E-state index in [1.807, 2.05) is 0 Å². The fourth-order valence-corrected chi connectivity index (χ4v) is 2.49. The summed E-state index contributed by atoms with van der Waals surface area (Å²) in [5.74, 6) is -1.51. The molecule has 3 atom stereocenters. The van der Waals surface area contributed by atoms with Gasteiger partial charge in [-0.25, -0.2) is 9.59 Å². The zero-order chi connectivity index (χ0) is 15.8. The van der Waals surface area contributed by atoms with E-state index >= 15 is 0 Å². The molecule has 0 saturated carbocycles. The first-order valence-electron chi connectivity index (χ1n) is 6.85. The van der Waals surface area contributed by atoms with E-state index in [1.165, 1.54) is 4.90 Å². The van der Waals surface area contributed by atoms with E-state index in [0.29, 0.717) is 12.8 Å². The van der Waals surface area contributed by atoms with Crippen molar-refractivity contribution in [2.24, 2.45) is 0 Å². The molecule has 2 amide bonds. The van der Waals surface area contributed by atoms with Crippen LogP contribution in [0.15, 0.2) is 0 Å². The Morgan fingerprint density at radius 2 is 2.05 bits per heavy atom. The van der Waals surface area contributed by atoms with Gasteiger partial charge in [-0.2, -0.15) is 0 Å². The summed E-state index contributed by atoms with van der Waals surface area (Å²) in [6.07, 6.45) is -0.406. The predicted molar refractivity (Wildman–Crippen MR) is 70.4 cm³/mol. The molecule has 0 radical (unpaired) electrons. The van der Waals surface area contributed by atoms with Crippen LogP contribution in [0.3, 0.4) is 0 Å². The minimum absolute atomic E-state index is 0.0194. The third-order valence-electron chi connectivity index (χ3n) is 3.32. The fraction of sp³-hybridized carbons (Fsp3) is 0.769. The van der Waals surface area contributed by atoms with Gasteiger partial charge in [0.25, 0.3) is 0 Å². The second-order valence-electron chi connectivity index (χ2n) is 6.16. The Morgan fingerprint density at radius 1 is 1.38 bits per heavy atom. The highest BCUT2D eigenvalue weighted by atomic mass is 16.6. The molecule has 2 heterocycles. The molecule has 2 fully saturated rings. The molecule has 0 aromatic rings. The van der Waals surface area contributed by atoms with Gasteiger partial charge in [0.1, 0.15) is 23.9 Å². The Labute approximate surface area is 122 Å². The molecule has 2 N–H and O–H groups in total. The molecule has 2 rings (SSSR count). The van der Waals surface area contributed by atoms with E-state index in [1.54, 1.807) is 20.8 Å². The van der Waals surface area contributed by atoms with Gasteiger partial charge < -0.3 is 24.8 Å². The monoisotopic (exact) mass is 300 g/mol. The Morgan fingerprint density at radius 3 is 2.62 bits per heavy atom. The molecule has 0 aromatic heterocycles. The van der Waals surface area contributed by atoms with Gasteiger partial charge in [-0.3, -0.25) is 4.79 Å². The minimum Gasteiger partial charge on any atom is -0.480 e. The van der Waals surface area contributed by atoms with Crippen LogP contribution in [0, 0.1) is 0 Å². The van der Waals surface area contributed by atoms with Gasteiger partial charge in [0.15, 0.2) is 0 Å². The van der Waals surface area contributed by atoms with E-state index in [2.05, 4.69) is 5.32 Å². The number of alkyl carbamates (subject to hydrolysis) is 1. The number of carboxylic acids is 1. The number of carbonyl (C=O) groups excluding carboxylic acids is 2. The smallest absolute Gasteiger partial charge is 0.408 e. The third-order valence-corrected chi connectivity index (χ3v) is 3.32. The zero-order valence-electron chi connectivity index (χ0n) is 12.3. The summed E-state index contributed by atoms with van der Waals surface area (Å²) in [4.78, 5) is 36.4. The van der Waals surface area contributed by atoms with Crippen LogP contribution in [0.5, 0.6) is 0 Å². The molecule has 2 aliphatic rings. The van der Waals surface area contributed by atoms with Gasteiger partial charge in [0.05, 0.1) is 6.61 Å². The van der Waals surface area contributed by atoms with E-state index in [-0.39, 0.29) is 6.61 Å². The summed E-state index contributed by atoms with van der Waals surface area (Å²) >= 11 is 0. The number of nitrogens with zero attached hydrogens (tertiary/aromatic N) is 1. The number of nitrogens with one attached hydrogen (secondary N) is 1. The van der Waals surface area contributed by atoms with Crippen molar-refractivity contribution in [3.05, 3.63) is 0 Å². The number of ether oxygens (including phenoxy) is 2. The van der Waals surface area contributed by atoms with Crippen molar-refractivity contribution < 1.29 is 29.0 Å². The molecule has 8 heteroatoms. The van der Waals surface area contributed by atoms with Crippen molar-refractivity contribution in [2.45, 2.75) is 57.5 Å². The Balaban J connectivity index is 2.02. The highest BCUT2D eigenvalue weighted by Gasteiger charge is 2.47. The summed E-state index contributed by atoms with van der Waals surface area (Å²) in [5.41, 5.74) is -0.678. The molecule has 0 spiro atoms. The van der Waals surface area contributed by atoms with Gasteiger partial charge in [-0.15, -0.1) is 0 Å². The zero-order valence-corrected chi connectivity index (χ0v) is 12.3. The molecular formula is C13H20N2O6. The van der Waals surface area contributed by atoms with E-state index in [9.17, 15) is 14.4 Å². The maximum Gasteiger partial charge on any atom is 0.408 e. The summed E-state index contributed by atoms with van der Waals surface area (Å²) < 4.78 is 10.5. The van der Waals surface area contributed by atoms with Crippen LogP contribution in [0.1, 0.15) is 33.6 Å². The maximum atomic E-state index is 12.3. The predicted octanol–water partition coefficient (Wildman–Crippen LogP) is 0.312. The second kappa shape index (κ2) is 5.51. The number of carbonyl (C=O) groups is 3. The lowest BCUT2D eigenvalue weighted by Gasteiger charge is -2.36. The average Bonchev–Trinajstić information content (AvgIpc) is 2.75. The lowest BCUT2D eigenvalue weighted by atomic mass is 10.2. The SMILES string of the molecule is CC(C)(C)OC(=O)N[C@@H]1CO[C@@H]2CC[C@@H](C(=O)O)N2C1=O. The minimum atomic E-state index is -1.06. The van der Waals surface area contributed by atoms with Crippen molar-refractivity contribution in [3.8, 4) is 0 Å². The fourth-order valence-electron chi connectivity index (χ4n) is 2.49. The van der Waals surface area contributed by atoms with Crippen molar-refractivity contribution >= 4 is 18.0 Å². The highest BCUT2D eigenvalue weighted by molar-refractivity contribution is 5.90. The number of rotatable bonds is 2. The van der Waals surface area contributed by atoms with Crippen LogP contribution in [0.25, 0.3) is 0 Å². The number of amides is 2. The first kappa shape index (κ1) is 15.6. The van der Waals surface area contributed by atoms with Crippen LogP contribution >= 0.6 is 0 Å².